The van der Waals surface area contributed by atoms with Gasteiger partial charge in [-0.05, 0) is 12.1 Å². The molecule has 0 bridgehead atoms. The average Bonchev–Trinajstić information content (AvgIpc) is 2.72. The Labute approximate surface area is 103 Å². The molecule has 17 heavy (non-hydrogen) atoms. The van der Waals surface area contributed by atoms with Crippen molar-refractivity contribution in [2.24, 2.45) is 7.05 Å². The van der Waals surface area contributed by atoms with E-state index >= 15 is 0 Å². The zero-order valence-electron chi connectivity index (χ0n) is 9.22. The average molecular weight is 251 g/mol. The minimum absolute atomic E-state index is 0.237. The maximum atomic E-state index is 11.7. The number of hydrogen-bond acceptors (Lipinski definition) is 3. The summed E-state index contributed by atoms with van der Waals surface area (Å²) in [7, 11) is 1.76. The molecule has 1 amide bonds. The number of rotatable bonds is 3. The van der Waals surface area contributed by atoms with Crippen molar-refractivity contribution < 1.29 is 4.79 Å². The molecule has 0 saturated carbocycles. The summed E-state index contributed by atoms with van der Waals surface area (Å²) in [6.45, 7) is 0.326. The maximum Gasteiger partial charge on any atom is 0.287 e. The molecule has 0 aliphatic heterocycles. The van der Waals surface area contributed by atoms with E-state index in [1.165, 1.54) is 0 Å². The zero-order chi connectivity index (χ0) is 12.3. The lowest BCUT2D eigenvalue weighted by atomic mass is 10.3. The molecule has 0 saturated heterocycles. The molecular weight excluding hydrogens is 240 g/mol. The number of aromatic nitrogens is 3. The highest BCUT2D eigenvalue weighted by Gasteiger charge is 2.10. The summed E-state index contributed by atoms with van der Waals surface area (Å²) in [5.41, 5.74) is 0.708. The molecule has 0 radical (unpaired) electrons. The number of aryl methyl sites for hydroxylation is 1. The number of imidazole rings is 1. The van der Waals surface area contributed by atoms with Crippen LogP contribution in [0.25, 0.3) is 0 Å². The van der Waals surface area contributed by atoms with Crippen LogP contribution in [0.5, 0.6) is 0 Å². The van der Waals surface area contributed by atoms with Gasteiger partial charge in [-0.25, -0.2) is 4.98 Å². The highest BCUT2D eigenvalue weighted by molar-refractivity contribution is 6.30. The van der Waals surface area contributed by atoms with Crippen LogP contribution in [0.15, 0.2) is 30.7 Å². The first kappa shape index (κ1) is 11.6. The predicted octanol–water partition coefficient (Wildman–Crippen LogP) is 1.40. The van der Waals surface area contributed by atoms with Crippen LogP contribution in [0.4, 0.5) is 0 Å². The van der Waals surface area contributed by atoms with Gasteiger partial charge in [-0.15, -0.1) is 0 Å². The molecule has 0 unspecified atom stereocenters. The standard InChI is InChI=1S/C11H11ClN4O/c1-16-5-4-14-10(16)11(17)15-7-9-6-8(12)2-3-13-9/h2-6H,7H2,1H3,(H,15,17). The smallest absolute Gasteiger partial charge is 0.287 e. The van der Waals surface area contributed by atoms with E-state index in [-0.39, 0.29) is 5.91 Å². The molecule has 2 rings (SSSR count). The van der Waals surface area contributed by atoms with Gasteiger partial charge in [0.1, 0.15) is 0 Å². The van der Waals surface area contributed by atoms with E-state index in [4.69, 9.17) is 11.6 Å². The predicted molar refractivity (Wildman–Crippen MR) is 63.6 cm³/mol. The topological polar surface area (TPSA) is 59.8 Å². The van der Waals surface area contributed by atoms with Crippen molar-refractivity contribution in [3.63, 3.8) is 0 Å². The van der Waals surface area contributed by atoms with Gasteiger partial charge >= 0.3 is 0 Å². The van der Waals surface area contributed by atoms with E-state index in [1.807, 2.05) is 0 Å². The van der Waals surface area contributed by atoms with E-state index in [1.54, 1.807) is 42.3 Å². The van der Waals surface area contributed by atoms with E-state index in [9.17, 15) is 4.79 Å². The van der Waals surface area contributed by atoms with Crippen molar-refractivity contribution in [2.75, 3.05) is 0 Å². The first-order valence-electron chi connectivity index (χ1n) is 5.03. The van der Waals surface area contributed by atoms with Gasteiger partial charge in [-0.3, -0.25) is 9.78 Å². The Morgan fingerprint density at radius 3 is 2.94 bits per heavy atom. The van der Waals surface area contributed by atoms with Crippen molar-refractivity contribution in [1.29, 1.82) is 0 Å². The Kier molecular flexibility index (Phi) is 3.39. The van der Waals surface area contributed by atoms with Crippen LogP contribution in [0, 0.1) is 0 Å². The first-order valence-corrected chi connectivity index (χ1v) is 5.40. The van der Waals surface area contributed by atoms with Gasteiger partial charge in [0, 0.05) is 30.7 Å². The molecule has 0 aliphatic rings. The van der Waals surface area contributed by atoms with Crippen molar-refractivity contribution in [3.05, 3.63) is 47.3 Å². The van der Waals surface area contributed by atoms with Crippen LogP contribution in [-0.2, 0) is 13.6 Å². The number of nitrogens with zero attached hydrogens (tertiary/aromatic N) is 3. The van der Waals surface area contributed by atoms with Crippen LogP contribution in [0.3, 0.4) is 0 Å². The summed E-state index contributed by atoms with van der Waals surface area (Å²) in [5.74, 6) is 0.131. The number of amides is 1. The van der Waals surface area contributed by atoms with Crippen molar-refractivity contribution >= 4 is 17.5 Å². The molecule has 0 atom stereocenters. The summed E-state index contributed by atoms with van der Waals surface area (Å²) in [4.78, 5) is 19.8. The Bertz CT molecular complexity index is 538. The number of halogens is 1. The second kappa shape index (κ2) is 4.97. The zero-order valence-corrected chi connectivity index (χ0v) is 9.98. The molecule has 2 heterocycles. The van der Waals surface area contributed by atoms with Gasteiger partial charge in [-0.2, -0.15) is 0 Å². The number of carbonyl (C=O) groups excluding carboxylic acids is 1. The Hall–Kier alpha value is -1.88. The largest absolute Gasteiger partial charge is 0.344 e. The quantitative estimate of drug-likeness (QED) is 0.896. The van der Waals surface area contributed by atoms with Crippen molar-refractivity contribution in [1.82, 2.24) is 19.9 Å². The fourth-order valence-corrected chi connectivity index (χ4v) is 1.56. The van der Waals surface area contributed by atoms with Gasteiger partial charge in [0.15, 0.2) is 5.82 Å². The second-order valence-electron chi connectivity index (χ2n) is 3.51. The lowest BCUT2D eigenvalue weighted by molar-refractivity contribution is 0.0937. The molecular formula is C11H11ClN4O. The summed E-state index contributed by atoms with van der Waals surface area (Å²) < 4.78 is 1.65. The van der Waals surface area contributed by atoms with Gasteiger partial charge < -0.3 is 9.88 Å². The molecule has 0 aliphatic carbocycles. The molecule has 2 aromatic rings. The van der Waals surface area contributed by atoms with E-state index in [0.29, 0.717) is 23.1 Å². The molecule has 1 N–H and O–H groups in total. The van der Waals surface area contributed by atoms with E-state index in [2.05, 4.69) is 15.3 Å². The van der Waals surface area contributed by atoms with Crippen LogP contribution in [0.2, 0.25) is 5.02 Å². The molecule has 0 aromatic carbocycles. The Morgan fingerprint density at radius 2 is 2.29 bits per heavy atom. The summed E-state index contributed by atoms with van der Waals surface area (Å²) in [6, 6.07) is 3.39. The lowest BCUT2D eigenvalue weighted by Crippen LogP contribution is -2.26. The van der Waals surface area contributed by atoms with Crippen LogP contribution in [0.1, 0.15) is 16.3 Å². The van der Waals surface area contributed by atoms with Gasteiger partial charge in [0.2, 0.25) is 0 Å². The van der Waals surface area contributed by atoms with Crippen molar-refractivity contribution in [2.45, 2.75) is 6.54 Å². The molecule has 0 fully saturated rings. The van der Waals surface area contributed by atoms with Crippen LogP contribution < -0.4 is 5.32 Å². The lowest BCUT2D eigenvalue weighted by Gasteiger charge is -2.04. The molecule has 6 heteroatoms. The fraction of sp³-hybridized carbons (Fsp3) is 0.182. The number of pyridine rings is 1. The van der Waals surface area contributed by atoms with Gasteiger partial charge in [0.05, 0.1) is 12.2 Å². The van der Waals surface area contributed by atoms with Gasteiger partial charge in [-0.1, -0.05) is 11.6 Å². The highest BCUT2D eigenvalue weighted by Crippen LogP contribution is 2.07. The molecule has 0 spiro atoms. The third-order valence-corrected chi connectivity index (χ3v) is 2.47. The van der Waals surface area contributed by atoms with E-state index in [0.717, 1.165) is 0 Å². The number of carbonyl (C=O) groups is 1. The van der Waals surface area contributed by atoms with Crippen molar-refractivity contribution in [3.8, 4) is 0 Å². The molecule has 88 valence electrons. The third-order valence-electron chi connectivity index (χ3n) is 2.23. The summed E-state index contributed by atoms with van der Waals surface area (Å²) >= 11 is 5.82. The number of hydrogen-bond donors (Lipinski definition) is 1. The summed E-state index contributed by atoms with van der Waals surface area (Å²) in [5, 5.41) is 3.32. The fourth-order valence-electron chi connectivity index (χ4n) is 1.38. The third kappa shape index (κ3) is 2.82. The Balaban J connectivity index is 1.99. The normalized spacial score (nSPS) is 10.2. The van der Waals surface area contributed by atoms with Crippen LogP contribution >= 0.6 is 11.6 Å². The minimum Gasteiger partial charge on any atom is -0.344 e. The van der Waals surface area contributed by atoms with E-state index < -0.39 is 0 Å². The summed E-state index contributed by atoms with van der Waals surface area (Å²) in [6.07, 6.45) is 4.89. The maximum absolute atomic E-state index is 11.7. The SMILES string of the molecule is Cn1ccnc1C(=O)NCc1cc(Cl)ccn1. The number of nitrogens with one attached hydrogen (secondary N) is 1. The second-order valence-corrected chi connectivity index (χ2v) is 3.95. The monoisotopic (exact) mass is 250 g/mol. The van der Waals surface area contributed by atoms with Gasteiger partial charge in [0.25, 0.3) is 5.91 Å². The minimum atomic E-state index is -0.237. The van der Waals surface area contributed by atoms with Crippen LogP contribution in [-0.4, -0.2) is 20.4 Å². The molecule has 2 aromatic heterocycles. The first-order chi connectivity index (χ1) is 8.16. The molecule has 5 nitrogen and oxygen atoms in total. The Morgan fingerprint density at radius 1 is 1.47 bits per heavy atom. The highest BCUT2D eigenvalue weighted by atomic mass is 35.5.